The van der Waals surface area contributed by atoms with Crippen LogP contribution in [0.1, 0.15) is 39.2 Å². The molecule has 1 amide bonds. The maximum Gasteiger partial charge on any atom is 0.230 e. The van der Waals surface area contributed by atoms with Crippen LogP contribution in [0.3, 0.4) is 0 Å². The molecule has 1 aromatic heterocycles. The predicted octanol–water partition coefficient (Wildman–Crippen LogP) is 1.50. The van der Waals surface area contributed by atoms with E-state index in [9.17, 15) is 4.79 Å². The summed E-state index contributed by atoms with van der Waals surface area (Å²) in [5, 5.41) is 3.64. The van der Waals surface area contributed by atoms with Crippen molar-refractivity contribution in [1.29, 1.82) is 0 Å². The van der Waals surface area contributed by atoms with Crippen molar-refractivity contribution >= 4 is 23.5 Å². The number of hydrogen-bond acceptors (Lipinski definition) is 6. The van der Waals surface area contributed by atoms with Crippen LogP contribution in [0.5, 0.6) is 0 Å². The minimum atomic E-state index is -0.00410. The minimum Gasteiger partial charge on any atom is -0.353 e. The van der Waals surface area contributed by atoms with Gasteiger partial charge in [-0.05, 0) is 19.8 Å². The van der Waals surface area contributed by atoms with Gasteiger partial charge in [0.25, 0.3) is 0 Å². The molecule has 0 bridgehead atoms. The molecular weight excluding hydrogens is 262 g/mol. The van der Waals surface area contributed by atoms with Gasteiger partial charge in [0.2, 0.25) is 5.91 Å². The zero-order valence-corrected chi connectivity index (χ0v) is 12.5. The van der Waals surface area contributed by atoms with Crippen LogP contribution in [-0.4, -0.2) is 27.7 Å². The molecule has 0 aromatic carbocycles. The Kier molecular flexibility index (Phi) is 6.04. The van der Waals surface area contributed by atoms with Crippen molar-refractivity contribution < 1.29 is 4.79 Å². The van der Waals surface area contributed by atoms with Gasteiger partial charge in [0, 0.05) is 11.6 Å². The lowest BCUT2D eigenvalue weighted by molar-refractivity contribution is -0.119. The average Bonchev–Trinajstić information content (AvgIpc) is 2.34. The van der Waals surface area contributed by atoms with Gasteiger partial charge >= 0.3 is 0 Å². The fraction of sp³-hybridized carbons (Fsp3) is 0.583. The predicted molar refractivity (Wildman–Crippen MR) is 77.9 cm³/mol. The molecule has 1 heterocycles. The van der Waals surface area contributed by atoms with E-state index in [-0.39, 0.29) is 17.9 Å². The van der Waals surface area contributed by atoms with Gasteiger partial charge in [-0.15, -0.1) is 0 Å². The first-order chi connectivity index (χ1) is 8.95. The number of hydrazine groups is 1. The van der Waals surface area contributed by atoms with E-state index in [1.54, 1.807) is 0 Å². The normalized spacial score (nSPS) is 10.9. The average molecular weight is 283 g/mol. The maximum atomic E-state index is 11.6. The Bertz CT molecular complexity index is 436. The van der Waals surface area contributed by atoms with Crippen LogP contribution in [0.25, 0.3) is 0 Å². The second-order valence-corrected chi connectivity index (χ2v) is 5.72. The highest BCUT2D eigenvalue weighted by molar-refractivity contribution is 7.99. The molecule has 0 atom stereocenters. The van der Waals surface area contributed by atoms with Crippen molar-refractivity contribution in [3.05, 3.63) is 11.9 Å². The lowest BCUT2D eigenvalue weighted by Crippen LogP contribution is -2.31. The summed E-state index contributed by atoms with van der Waals surface area (Å²) in [5.41, 5.74) is 3.51. The minimum absolute atomic E-state index is 0.00410. The number of nitrogens with two attached hydrogens (primary N) is 1. The van der Waals surface area contributed by atoms with E-state index < -0.39 is 0 Å². The quantitative estimate of drug-likeness (QED) is 0.317. The SMILES string of the molecule is CC(C)NC(=O)CSc1ncnc(NN)c1C(C)C. The second-order valence-electron chi connectivity index (χ2n) is 4.75. The highest BCUT2D eigenvalue weighted by atomic mass is 32.2. The topological polar surface area (TPSA) is 92.9 Å². The molecule has 0 spiro atoms. The number of carbonyl (C=O) groups is 1. The van der Waals surface area contributed by atoms with Crippen molar-refractivity contribution in [2.45, 2.75) is 44.7 Å². The first kappa shape index (κ1) is 15.7. The van der Waals surface area contributed by atoms with Crippen LogP contribution in [0.2, 0.25) is 0 Å². The molecular formula is C12H21N5OS. The third-order valence-corrected chi connectivity index (χ3v) is 3.36. The van der Waals surface area contributed by atoms with Crippen molar-refractivity contribution in [1.82, 2.24) is 15.3 Å². The van der Waals surface area contributed by atoms with Crippen molar-refractivity contribution in [2.24, 2.45) is 5.84 Å². The number of rotatable bonds is 6. The molecule has 4 N–H and O–H groups in total. The number of carbonyl (C=O) groups excluding carboxylic acids is 1. The fourth-order valence-corrected chi connectivity index (χ4v) is 2.59. The molecule has 0 unspecified atom stereocenters. The number of nitrogen functional groups attached to an aromatic ring is 1. The van der Waals surface area contributed by atoms with E-state index in [1.807, 2.05) is 27.7 Å². The lowest BCUT2D eigenvalue weighted by atomic mass is 10.1. The molecule has 0 radical (unpaired) electrons. The monoisotopic (exact) mass is 283 g/mol. The summed E-state index contributed by atoms with van der Waals surface area (Å²) in [7, 11) is 0. The number of hydrogen-bond donors (Lipinski definition) is 3. The van der Waals surface area contributed by atoms with Gasteiger partial charge in [0.05, 0.1) is 5.75 Å². The largest absolute Gasteiger partial charge is 0.353 e. The Balaban J connectivity index is 2.80. The first-order valence-electron chi connectivity index (χ1n) is 6.19. The summed E-state index contributed by atoms with van der Waals surface area (Å²) in [4.78, 5) is 20.0. The van der Waals surface area contributed by atoms with Gasteiger partial charge in [-0.2, -0.15) is 0 Å². The van der Waals surface area contributed by atoms with Crippen LogP contribution < -0.4 is 16.6 Å². The van der Waals surface area contributed by atoms with Crippen LogP contribution in [-0.2, 0) is 4.79 Å². The third-order valence-electron chi connectivity index (χ3n) is 2.35. The van der Waals surface area contributed by atoms with Gasteiger partial charge in [-0.1, -0.05) is 25.6 Å². The Hall–Kier alpha value is -1.34. The van der Waals surface area contributed by atoms with E-state index in [2.05, 4.69) is 20.7 Å². The van der Waals surface area contributed by atoms with E-state index >= 15 is 0 Å². The molecule has 106 valence electrons. The summed E-state index contributed by atoms with van der Waals surface area (Å²) in [6, 6.07) is 0.143. The van der Waals surface area contributed by atoms with Gasteiger partial charge in [-0.25, -0.2) is 15.8 Å². The number of anilines is 1. The third kappa shape index (κ3) is 4.68. The van der Waals surface area contributed by atoms with Crippen LogP contribution in [0.15, 0.2) is 11.4 Å². The summed E-state index contributed by atoms with van der Waals surface area (Å²) in [6.45, 7) is 7.95. The Morgan fingerprint density at radius 2 is 2.05 bits per heavy atom. The summed E-state index contributed by atoms with van der Waals surface area (Å²) in [5.74, 6) is 6.61. The molecule has 1 rings (SSSR count). The van der Waals surface area contributed by atoms with E-state index in [0.29, 0.717) is 11.6 Å². The molecule has 0 saturated heterocycles. The Morgan fingerprint density at radius 3 is 2.58 bits per heavy atom. The molecule has 7 heteroatoms. The van der Waals surface area contributed by atoms with Gasteiger partial charge in [0.1, 0.15) is 17.2 Å². The Morgan fingerprint density at radius 1 is 1.37 bits per heavy atom. The molecule has 0 aliphatic carbocycles. The second kappa shape index (κ2) is 7.30. The number of aromatic nitrogens is 2. The number of nitrogens with zero attached hydrogens (tertiary/aromatic N) is 2. The molecule has 19 heavy (non-hydrogen) atoms. The standard InChI is InChI=1S/C12H21N5OS/c1-7(2)10-11(17-13)14-6-15-12(10)19-5-9(18)16-8(3)4/h6-8H,5,13H2,1-4H3,(H,16,18)(H,14,15,17). The summed E-state index contributed by atoms with van der Waals surface area (Å²) < 4.78 is 0. The van der Waals surface area contributed by atoms with Crippen molar-refractivity contribution in [2.75, 3.05) is 11.2 Å². The van der Waals surface area contributed by atoms with E-state index in [0.717, 1.165) is 10.6 Å². The number of nitrogens with one attached hydrogen (secondary N) is 2. The smallest absolute Gasteiger partial charge is 0.230 e. The van der Waals surface area contributed by atoms with E-state index in [4.69, 9.17) is 5.84 Å². The summed E-state index contributed by atoms with van der Waals surface area (Å²) >= 11 is 1.40. The molecule has 0 saturated carbocycles. The zero-order chi connectivity index (χ0) is 14.4. The maximum absolute atomic E-state index is 11.6. The lowest BCUT2D eigenvalue weighted by Gasteiger charge is -2.15. The Labute approximate surface area is 117 Å². The molecule has 0 fully saturated rings. The first-order valence-corrected chi connectivity index (χ1v) is 7.18. The number of thioether (sulfide) groups is 1. The highest BCUT2D eigenvalue weighted by Crippen LogP contribution is 2.30. The molecule has 0 aliphatic heterocycles. The highest BCUT2D eigenvalue weighted by Gasteiger charge is 2.16. The van der Waals surface area contributed by atoms with Crippen LogP contribution in [0.4, 0.5) is 5.82 Å². The van der Waals surface area contributed by atoms with Crippen molar-refractivity contribution in [3.63, 3.8) is 0 Å². The molecule has 1 aromatic rings. The molecule has 6 nitrogen and oxygen atoms in total. The van der Waals surface area contributed by atoms with Gasteiger partial charge in [-0.3, -0.25) is 4.79 Å². The zero-order valence-electron chi connectivity index (χ0n) is 11.7. The molecule has 0 aliphatic rings. The summed E-state index contributed by atoms with van der Waals surface area (Å²) in [6.07, 6.45) is 1.45. The van der Waals surface area contributed by atoms with Crippen LogP contribution >= 0.6 is 11.8 Å². The van der Waals surface area contributed by atoms with E-state index in [1.165, 1.54) is 18.1 Å². The van der Waals surface area contributed by atoms with Crippen LogP contribution in [0, 0.1) is 0 Å². The van der Waals surface area contributed by atoms with Crippen molar-refractivity contribution in [3.8, 4) is 0 Å². The van der Waals surface area contributed by atoms with Gasteiger partial charge in [0.15, 0.2) is 0 Å². The number of amides is 1. The van der Waals surface area contributed by atoms with Gasteiger partial charge < -0.3 is 10.7 Å². The fourth-order valence-electron chi connectivity index (χ4n) is 1.63.